The number of hydrogen-bond donors (Lipinski definition) is 0. The second-order valence-electron chi connectivity index (χ2n) is 5.31. The SMILES string of the molecule is O=C(ON1C(=O)c2ccccc2C1=O)c1ccc(C2CC2)s1. The molecule has 0 radical (unpaired) electrons. The lowest BCUT2D eigenvalue weighted by molar-refractivity contribution is -0.0581. The largest absolute Gasteiger partial charge is 0.373 e. The van der Waals surface area contributed by atoms with E-state index in [1.54, 1.807) is 30.3 Å². The Morgan fingerprint density at radius 3 is 2.27 bits per heavy atom. The van der Waals surface area contributed by atoms with Crippen LogP contribution < -0.4 is 0 Å². The topological polar surface area (TPSA) is 63.7 Å². The summed E-state index contributed by atoms with van der Waals surface area (Å²) in [5.41, 5.74) is 0.510. The molecular formula is C16H11NO4S. The van der Waals surface area contributed by atoms with Crippen molar-refractivity contribution in [2.75, 3.05) is 0 Å². The maximum absolute atomic E-state index is 12.1. The van der Waals surface area contributed by atoms with Gasteiger partial charge in [0.1, 0.15) is 4.88 Å². The monoisotopic (exact) mass is 313 g/mol. The van der Waals surface area contributed by atoms with Crippen molar-refractivity contribution in [2.45, 2.75) is 18.8 Å². The molecular weight excluding hydrogens is 302 g/mol. The summed E-state index contributed by atoms with van der Waals surface area (Å²) < 4.78 is 0. The summed E-state index contributed by atoms with van der Waals surface area (Å²) in [7, 11) is 0. The molecule has 22 heavy (non-hydrogen) atoms. The van der Waals surface area contributed by atoms with Gasteiger partial charge in [-0.2, -0.15) is 0 Å². The quantitative estimate of drug-likeness (QED) is 0.817. The molecule has 0 spiro atoms. The lowest BCUT2D eigenvalue weighted by atomic mass is 10.1. The molecule has 6 heteroatoms. The third-order valence-electron chi connectivity index (χ3n) is 3.74. The van der Waals surface area contributed by atoms with E-state index < -0.39 is 17.8 Å². The van der Waals surface area contributed by atoms with Crippen molar-refractivity contribution in [1.29, 1.82) is 0 Å². The van der Waals surface area contributed by atoms with Gasteiger partial charge in [-0.1, -0.05) is 17.2 Å². The number of rotatable bonds is 3. The van der Waals surface area contributed by atoms with Crippen LogP contribution in [0, 0.1) is 0 Å². The molecule has 1 fully saturated rings. The van der Waals surface area contributed by atoms with Crippen molar-refractivity contribution in [3.05, 3.63) is 57.3 Å². The highest BCUT2D eigenvalue weighted by Crippen LogP contribution is 2.43. The number of imide groups is 1. The average Bonchev–Trinajstić information content (AvgIpc) is 3.22. The summed E-state index contributed by atoms with van der Waals surface area (Å²) in [5.74, 6) is -1.34. The van der Waals surface area contributed by atoms with Crippen molar-refractivity contribution in [2.24, 2.45) is 0 Å². The van der Waals surface area contributed by atoms with Crippen LogP contribution in [0.4, 0.5) is 0 Å². The van der Waals surface area contributed by atoms with Crippen molar-refractivity contribution < 1.29 is 19.2 Å². The molecule has 0 N–H and O–H groups in total. The second-order valence-corrected chi connectivity index (χ2v) is 6.42. The highest BCUT2D eigenvalue weighted by molar-refractivity contribution is 7.14. The molecule has 0 saturated heterocycles. The first-order valence-electron chi connectivity index (χ1n) is 6.95. The normalized spacial score (nSPS) is 16.8. The highest BCUT2D eigenvalue weighted by Gasteiger charge is 2.39. The molecule has 1 aromatic carbocycles. The second kappa shape index (κ2) is 4.78. The van der Waals surface area contributed by atoms with Crippen molar-refractivity contribution >= 4 is 29.1 Å². The van der Waals surface area contributed by atoms with Crippen LogP contribution in [0.25, 0.3) is 0 Å². The number of nitrogens with zero attached hydrogens (tertiary/aromatic N) is 1. The molecule has 1 aromatic heterocycles. The van der Waals surface area contributed by atoms with E-state index in [0.717, 1.165) is 17.7 Å². The lowest BCUT2D eigenvalue weighted by Crippen LogP contribution is -2.32. The number of benzene rings is 1. The van der Waals surface area contributed by atoms with E-state index in [-0.39, 0.29) is 11.1 Å². The van der Waals surface area contributed by atoms with Crippen molar-refractivity contribution in [3.63, 3.8) is 0 Å². The smallest absolute Gasteiger partial charge is 0.323 e. The predicted octanol–water partition coefficient (Wildman–Crippen LogP) is 2.99. The summed E-state index contributed by atoms with van der Waals surface area (Å²) in [4.78, 5) is 43.0. The molecule has 2 aliphatic rings. The molecule has 0 atom stereocenters. The number of hydroxylamine groups is 2. The Labute approximate surface area is 130 Å². The van der Waals surface area contributed by atoms with Crippen LogP contribution in [-0.2, 0) is 4.84 Å². The Balaban J connectivity index is 1.55. The molecule has 2 heterocycles. The summed E-state index contributed by atoms with van der Waals surface area (Å²) in [6, 6.07) is 9.99. The molecule has 2 aromatic rings. The number of thiophene rings is 1. The van der Waals surface area contributed by atoms with E-state index >= 15 is 0 Å². The number of amides is 2. The zero-order valence-corrected chi connectivity index (χ0v) is 12.3. The maximum Gasteiger partial charge on any atom is 0.373 e. The van der Waals surface area contributed by atoms with Crippen LogP contribution in [0.3, 0.4) is 0 Å². The first-order valence-corrected chi connectivity index (χ1v) is 7.76. The molecule has 4 rings (SSSR count). The Hall–Kier alpha value is -2.47. The van der Waals surface area contributed by atoms with Crippen LogP contribution in [0.15, 0.2) is 36.4 Å². The van der Waals surface area contributed by atoms with Gasteiger partial charge in [-0.25, -0.2) is 4.79 Å². The molecule has 0 bridgehead atoms. The Morgan fingerprint density at radius 2 is 1.68 bits per heavy atom. The summed E-state index contributed by atoms with van der Waals surface area (Å²) in [6.45, 7) is 0. The Kier molecular flexibility index (Phi) is 2.87. The number of carbonyl (C=O) groups excluding carboxylic acids is 3. The molecule has 0 unspecified atom stereocenters. The Bertz CT molecular complexity index is 771. The number of fused-ring (bicyclic) bond motifs is 1. The molecule has 1 saturated carbocycles. The van der Waals surface area contributed by atoms with Gasteiger partial charge in [0, 0.05) is 4.88 Å². The third-order valence-corrected chi connectivity index (χ3v) is 4.97. The van der Waals surface area contributed by atoms with Crippen LogP contribution in [0.1, 0.15) is 54.0 Å². The zero-order valence-electron chi connectivity index (χ0n) is 11.4. The predicted molar refractivity (Wildman–Crippen MR) is 78.7 cm³/mol. The van der Waals surface area contributed by atoms with Gasteiger partial charge in [-0.3, -0.25) is 9.59 Å². The summed E-state index contributed by atoms with van der Waals surface area (Å²) in [5, 5.41) is 0.545. The third kappa shape index (κ3) is 2.03. The van der Waals surface area contributed by atoms with Crippen LogP contribution in [0.5, 0.6) is 0 Å². The minimum absolute atomic E-state index is 0.255. The number of carbonyl (C=O) groups is 3. The van der Waals surface area contributed by atoms with Gasteiger partial charge in [-0.05, 0) is 43.0 Å². The van der Waals surface area contributed by atoms with Gasteiger partial charge < -0.3 is 4.84 Å². The average molecular weight is 313 g/mol. The first kappa shape index (κ1) is 13.2. The fraction of sp³-hybridized carbons (Fsp3) is 0.188. The van der Waals surface area contributed by atoms with Crippen LogP contribution >= 0.6 is 11.3 Å². The fourth-order valence-corrected chi connectivity index (χ4v) is 3.48. The van der Waals surface area contributed by atoms with Crippen molar-refractivity contribution in [1.82, 2.24) is 5.06 Å². The van der Waals surface area contributed by atoms with E-state index in [9.17, 15) is 14.4 Å². The van der Waals surface area contributed by atoms with Gasteiger partial charge in [0.05, 0.1) is 11.1 Å². The summed E-state index contributed by atoms with van der Waals surface area (Å²) >= 11 is 1.36. The highest BCUT2D eigenvalue weighted by atomic mass is 32.1. The van der Waals surface area contributed by atoms with E-state index in [0.29, 0.717) is 15.9 Å². The van der Waals surface area contributed by atoms with Gasteiger partial charge in [0.2, 0.25) is 0 Å². The minimum atomic E-state index is -0.675. The fourth-order valence-electron chi connectivity index (χ4n) is 2.43. The maximum atomic E-state index is 12.1. The lowest BCUT2D eigenvalue weighted by Gasteiger charge is -2.11. The van der Waals surface area contributed by atoms with Gasteiger partial charge >= 0.3 is 5.97 Å². The number of hydrogen-bond acceptors (Lipinski definition) is 5. The molecule has 1 aliphatic carbocycles. The molecule has 2 amide bonds. The van der Waals surface area contributed by atoms with Crippen molar-refractivity contribution in [3.8, 4) is 0 Å². The molecule has 1 aliphatic heterocycles. The zero-order chi connectivity index (χ0) is 15.3. The molecule has 110 valence electrons. The van der Waals surface area contributed by atoms with Gasteiger partial charge in [-0.15, -0.1) is 11.3 Å². The standard InChI is InChI=1S/C16H11NO4S/c18-14-10-3-1-2-4-11(10)15(19)17(14)21-16(20)13-8-7-12(22-13)9-5-6-9/h1-4,7-9H,5-6H2. The van der Waals surface area contributed by atoms with E-state index in [2.05, 4.69) is 0 Å². The van der Waals surface area contributed by atoms with Crippen LogP contribution in [0.2, 0.25) is 0 Å². The van der Waals surface area contributed by atoms with Gasteiger partial charge in [0.15, 0.2) is 0 Å². The van der Waals surface area contributed by atoms with Crippen LogP contribution in [-0.4, -0.2) is 22.8 Å². The van der Waals surface area contributed by atoms with E-state index in [1.165, 1.54) is 11.3 Å². The first-order chi connectivity index (χ1) is 10.6. The summed E-state index contributed by atoms with van der Waals surface area (Å²) in [6.07, 6.45) is 2.29. The minimum Gasteiger partial charge on any atom is -0.323 e. The molecule has 5 nitrogen and oxygen atoms in total. The Morgan fingerprint density at radius 1 is 1.05 bits per heavy atom. The van der Waals surface area contributed by atoms with Gasteiger partial charge in [0.25, 0.3) is 11.8 Å². The van der Waals surface area contributed by atoms with E-state index in [1.807, 2.05) is 6.07 Å². The van der Waals surface area contributed by atoms with E-state index in [4.69, 9.17) is 4.84 Å².